The second-order valence-corrected chi connectivity index (χ2v) is 5.76. The SMILES string of the molecule is O=C(NN=CC1CC2C=CC1C2)c1cc(Cl)ccc1O. The lowest BCUT2D eigenvalue weighted by Gasteiger charge is -2.12. The van der Waals surface area contributed by atoms with Crippen LogP contribution in [0.25, 0.3) is 0 Å². The predicted octanol–water partition coefficient (Wildman–Crippen LogP) is 2.97. The number of phenols is 1. The highest BCUT2D eigenvalue weighted by molar-refractivity contribution is 6.31. The van der Waals surface area contributed by atoms with Crippen LogP contribution in [0.4, 0.5) is 0 Å². The minimum Gasteiger partial charge on any atom is -0.507 e. The van der Waals surface area contributed by atoms with E-state index < -0.39 is 5.91 Å². The van der Waals surface area contributed by atoms with E-state index in [1.807, 2.05) is 0 Å². The molecule has 2 N–H and O–H groups in total. The summed E-state index contributed by atoms with van der Waals surface area (Å²) in [6.07, 6.45) is 8.59. The quantitative estimate of drug-likeness (QED) is 0.511. The van der Waals surface area contributed by atoms with Crippen molar-refractivity contribution in [1.82, 2.24) is 5.43 Å². The summed E-state index contributed by atoms with van der Waals surface area (Å²) in [5.74, 6) is 1.06. The maximum atomic E-state index is 11.9. The highest BCUT2D eigenvalue weighted by atomic mass is 35.5. The van der Waals surface area contributed by atoms with Crippen molar-refractivity contribution in [3.63, 3.8) is 0 Å². The average Bonchev–Trinajstić information content (AvgIpc) is 3.04. The number of carbonyl (C=O) groups excluding carboxylic acids is 1. The van der Waals surface area contributed by atoms with Crippen molar-refractivity contribution in [3.05, 3.63) is 40.9 Å². The van der Waals surface area contributed by atoms with E-state index in [1.54, 1.807) is 6.21 Å². The van der Waals surface area contributed by atoms with Crippen molar-refractivity contribution in [2.45, 2.75) is 12.8 Å². The first-order valence-corrected chi connectivity index (χ1v) is 7.01. The molecule has 3 rings (SSSR count). The Morgan fingerprint density at radius 3 is 2.95 bits per heavy atom. The van der Waals surface area contributed by atoms with Crippen LogP contribution in [-0.4, -0.2) is 17.2 Å². The van der Waals surface area contributed by atoms with Crippen LogP contribution in [0.5, 0.6) is 5.75 Å². The van der Waals surface area contributed by atoms with Crippen LogP contribution >= 0.6 is 11.6 Å². The first-order chi connectivity index (χ1) is 9.63. The number of hydrogen-bond donors (Lipinski definition) is 2. The maximum Gasteiger partial charge on any atom is 0.275 e. The highest BCUT2D eigenvalue weighted by Gasteiger charge is 2.34. The molecule has 0 spiro atoms. The number of nitrogens with zero attached hydrogens (tertiary/aromatic N) is 1. The Hall–Kier alpha value is -1.81. The van der Waals surface area contributed by atoms with Gasteiger partial charge in [-0.2, -0.15) is 5.10 Å². The van der Waals surface area contributed by atoms with Gasteiger partial charge in [-0.1, -0.05) is 23.8 Å². The molecule has 0 aromatic heterocycles. The fourth-order valence-corrected chi connectivity index (χ4v) is 3.11. The molecule has 104 valence electrons. The van der Waals surface area contributed by atoms with Gasteiger partial charge in [0.05, 0.1) is 5.56 Å². The summed E-state index contributed by atoms with van der Waals surface area (Å²) in [4.78, 5) is 11.9. The van der Waals surface area contributed by atoms with Crippen LogP contribution in [-0.2, 0) is 0 Å². The molecule has 2 bridgehead atoms. The number of amides is 1. The Bertz CT molecular complexity index is 598. The van der Waals surface area contributed by atoms with Crippen molar-refractivity contribution < 1.29 is 9.90 Å². The largest absolute Gasteiger partial charge is 0.507 e. The first-order valence-electron chi connectivity index (χ1n) is 6.64. The molecule has 1 fully saturated rings. The zero-order chi connectivity index (χ0) is 14.1. The van der Waals surface area contributed by atoms with Gasteiger partial charge in [0.2, 0.25) is 0 Å². The topological polar surface area (TPSA) is 61.7 Å². The molecule has 0 heterocycles. The summed E-state index contributed by atoms with van der Waals surface area (Å²) in [6.45, 7) is 0. The molecule has 2 aliphatic carbocycles. The van der Waals surface area contributed by atoms with Gasteiger partial charge < -0.3 is 5.11 Å². The minimum atomic E-state index is -0.458. The lowest BCUT2D eigenvalue weighted by molar-refractivity contribution is 0.0952. The average molecular weight is 291 g/mol. The number of phenolic OH excluding ortho intramolecular Hbond substituents is 1. The van der Waals surface area contributed by atoms with Crippen LogP contribution in [0.1, 0.15) is 23.2 Å². The van der Waals surface area contributed by atoms with Crippen molar-refractivity contribution >= 4 is 23.7 Å². The molecule has 1 aromatic rings. The number of hydrogen-bond acceptors (Lipinski definition) is 3. The molecular weight excluding hydrogens is 276 g/mol. The molecule has 1 saturated carbocycles. The molecule has 0 radical (unpaired) electrons. The highest BCUT2D eigenvalue weighted by Crippen LogP contribution is 2.42. The van der Waals surface area contributed by atoms with Crippen LogP contribution < -0.4 is 5.43 Å². The standard InChI is InChI=1S/C15H15ClN2O2/c16-12-3-4-14(19)13(7-12)15(20)18-17-8-11-6-9-1-2-10(11)5-9/h1-4,7-11,19H,5-6H2,(H,18,20). The number of hydrazone groups is 1. The summed E-state index contributed by atoms with van der Waals surface area (Å²) in [5.41, 5.74) is 2.57. The molecule has 20 heavy (non-hydrogen) atoms. The molecular formula is C15H15ClN2O2. The third-order valence-electron chi connectivity index (χ3n) is 3.97. The Balaban J connectivity index is 1.62. The second kappa shape index (κ2) is 5.29. The molecule has 4 nitrogen and oxygen atoms in total. The van der Waals surface area contributed by atoms with Crippen molar-refractivity contribution in [2.75, 3.05) is 0 Å². The predicted molar refractivity (Wildman–Crippen MR) is 77.9 cm³/mol. The molecule has 0 aliphatic heterocycles. The Labute approximate surface area is 122 Å². The number of carbonyl (C=O) groups is 1. The maximum absolute atomic E-state index is 11.9. The zero-order valence-corrected chi connectivity index (χ0v) is 11.5. The smallest absolute Gasteiger partial charge is 0.275 e. The molecule has 1 aromatic carbocycles. The van der Waals surface area contributed by atoms with Gasteiger partial charge in [0, 0.05) is 17.2 Å². The minimum absolute atomic E-state index is 0.107. The Kier molecular flexibility index (Phi) is 3.49. The molecule has 2 aliphatic rings. The summed E-state index contributed by atoms with van der Waals surface area (Å²) in [5, 5.41) is 14.0. The number of fused-ring (bicyclic) bond motifs is 2. The van der Waals surface area contributed by atoms with Crippen molar-refractivity contribution in [3.8, 4) is 5.75 Å². The lowest BCUT2D eigenvalue weighted by atomic mass is 9.95. The number of halogens is 1. The molecule has 0 saturated heterocycles. The van der Waals surface area contributed by atoms with Gasteiger partial charge in [0.15, 0.2) is 0 Å². The lowest BCUT2D eigenvalue weighted by Crippen LogP contribution is -2.19. The van der Waals surface area contributed by atoms with E-state index in [9.17, 15) is 9.90 Å². The summed E-state index contributed by atoms with van der Waals surface area (Å²) in [6, 6.07) is 4.34. The van der Waals surface area contributed by atoms with E-state index in [-0.39, 0.29) is 11.3 Å². The fourth-order valence-electron chi connectivity index (χ4n) is 2.94. The van der Waals surface area contributed by atoms with Gasteiger partial charge in [-0.3, -0.25) is 4.79 Å². The molecule has 3 atom stereocenters. The third-order valence-corrected chi connectivity index (χ3v) is 4.20. The normalized spacial score (nSPS) is 27.4. The summed E-state index contributed by atoms with van der Waals surface area (Å²) in [7, 11) is 0. The van der Waals surface area contributed by atoms with Gasteiger partial charge in [0.25, 0.3) is 5.91 Å². The van der Waals surface area contributed by atoms with E-state index in [4.69, 9.17) is 11.6 Å². The van der Waals surface area contributed by atoms with Crippen molar-refractivity contribution in [2.24, 2.45) is 22.9 Å². The van der Waals surface area contributed by atoms with E-state index in [0.717, 1.165) is 6.42 Å². The van der Waals surface area contributed by atoms with Crippen LogP contribution in [0, 0.1) is 17.8 Å². The van der Waals surface area contributed by atoms with Gasteiger partial charge in [-0.05, 0) is 42.9 Å². The number of rotatable bonds is 3. The van der Waals surface area contributed by atoms with E-state index >= 15 is 0 Å². The zero-order valence-electron chi connectivity index (χ0n) is 10.8. The number of nitrogens with one attached hydrogen (secondary N) is 1. The van der Waals surface area contributed by atoms with E-state index in [0.29, 0.717) is 22.8 Å². The van der Waals surface area contributed by atoms with Crippen LogP contribution in [0.2, 0.25) is 5.02 Å². The molecule has 3 unspecified atom stereocenters. The van der Waals surface area contributed by atoms with Gasteiger partial charge in [-0.15, -0.1) is 0 Å². The van der Waals surface area contributed by atoms with Crippen LogP contribution in [0.3, 0.4) is 0 Å². The number of aromatic hydroxyl groups is 1. The Morgan fingerprint density at radius 1 is 1.40 bits per heavy atom. The van der Waals surface area contributed by atoms with E-state index in [1.165, 1.54) is 24.6 Å². The first kappa shape index (κ1) is 13.2. The molecule has 1 amide bonds. The fraction of sp³-hybridized carbons (Fsp3) is 0.333. The number of allylic oxidation sites excluding steroid dienone is 2. The summed E-state index contributed by atoms with van der Waals surface area (Å²) < 4.78 is 0. The molecule has 5 heteroatoms. The third kappa shape index (κ3) is 2.56. The van der Waals surface area contributed by atoms with Gasteiger partial charge >= 0.3 is 0 Å². The van der Waals surface area contributed by atoms with Crippen molar-refractivity contribution in [1.29, 1.82) is 0 Å². The van der Waals surface area contributed by atoms with E-state index in [2.05, 4.69) is 22.7 Å². The van der Waals surface area contributed by atoms with Crippen LogP contribution in [0.15, 0.2) is 35.5 Å². The van der Waals surface area contributed by atoms with Gasteiger partial charge in [-0.25, -0.2) is 5.43 Å². The van der Waals surface area contributed by atoms with Gasteiger partial charge in [0.1, 0.15) is 5.75 Å². The summed E-state index contributed by atoms with van der Waals surface area (Å²) >= 11 is 5.80. The monoisotopic (exact) mass is 290 g/mol. The Morgan fingerprint density at radius 2 is 2.25 bits per heavy atom. The second-order valence-electron chi connectivity index (χ2n) is 5.32. The number of benzene rings is 1.